The number of carbonyl (C=O) groups excluding carboxylic acids is 2. The lowest BCUT2D eigenvalue weighted by Crippen LogP contribution is -2.55. The van der Waals surface area contributed by atoms with E-state index in [0.717, 1.165) is 12.8 Å². The minimum Gasteiger partial charge on any atom is -0.345 e. The van der Waals surface area contributed by atoms with Crippen LogP contribution in [0.25, 0.3) is 0 Å². The maximum absolute atomic E-state index is 11.8. The molecule has 0 aliphatic heterocycles. The Labute approximate surface area is 103 Å². The molecule has 98 valence electrons. The maximum Gasteiger partial charge on any atom is 0.241 e. The number of nitrogens with zero attached hydrogens (tertiary/aromatic N) is 1. The monoisotopic (exact) mass is 241 g/mol. The lowest BCUT2D eigenvalue weighted by atomic mass is 9.96. The van der Waals surface area contributed by atoms with Crippen molar-refractivity contribution in [2.45, 2.75) is 39.2 Å². The molecule has 5 nitrogen and oxygen atoms in total. The molecule has 1 atom stereocenters. The Morgan fingerprint density at radius 3 is 2.29 bits per heavy atom. The predicted octanol–water partition coefficient (Wildman–Crippen LogP) is 0.0984. The average Bonchev–Trinajstić information content (AvgIpc) is 3.11. The molecule has 1 saturated carbocycles. The second kappa shape index (κ2) is 5.49. The lowest BCUT2D eigenvalue weighted by Gasteiger charge is -2.24. The van der Waals surface area contributed by atoms with Crippen LogP contribution in [0.1, 0.15) is 33.6 Å². The Morgan fingerprint density at radius 2 is 1.88 bits per heavy atom. The number of amides is 2. The van der Waals surface area contributed by atoms with Crippen LogP contribution < -0.4 is 11.1 Å². The molecule has 17 heavy (non-hydrogen) atoms. The van der Waals surface area contributed by atoms with Crippen LogP contribution in [0.4, 0.5) is 0 Å². The molecule has 2 amide bonds. The largest absolute Gasteiger partial charge is 0.345 e. The number of nitrogens with two attached hydrogens (primary N) is 1. The zero-order valence-corrected chi connectivity index (χ0v) is 11.0. The third-order valence-electron chi connectivity index (χ3n) is 3.43. The highest BCUT2D eigenvalue weighted by Gasteiger charge is 2.44. The second-order valence-electron chi connectivity index (χ2n) is 4.81. The van der Waals surface area contributed by atoms with Gasteiger partial charge in [0.1, 0.15) is 0 Å². The van der Waals surface area contributed by atoms with Crippen molar-refractivity contribution < 1.29 is 9.59 Å². The van der Waals surface area contributed by atoms with E-state index in [4.69, 9.17) is 5.73 Å². The molecule has 1 unspecified atom stereocenters. The van der Waals surface area contributed by atoms with Crippen LogP contribution in [0.15, 0.2) is 0 Å². The van der Waals surface area contributed by atoms with Gasteiger partial charge in [0.05, 0.1) is 12.1 Å². The van der Waals surface area contributed by atoms with Crippen molar-refractivity contribution in [2.75, 3.05) is 19.6 Å². The molecule has 1 aliphatic carbocycles. The van der Waals surface area contributed by atoms with Crippen LogP contribution in [0.3, 0.4) is 0 Å². The topological polar surface area (TPSA) is 75.4 Å². The molecule has 1 aliphatic rings. The third kappa shape index (κ3) is 3.43. The summed E-state index contributed by atoms with van der Waals surface area (Å²) >= 11 is 0. The van der Waals surface area contributed by atoms with Gasteiger partial charge < -0.3 is 16.0 Å². The molecular weight excluding hydrogens is 218 g/mol. The van der Waals surface area contributed by atoms with E-state index < -0.39 is 5.54 Å². The van der Waals surface area contributed by atoms with E-state index in [1.165, 1.54) is 0 Å². The standard InChI is InChI=1S/C12H23N3O2/c1-4-15(5-2)10(16)8-14-11(17)12(3,13)9-6-7-9/h9H,4-8,13H2,1-3H3,(H,14,17). The molecular formula is C12H23N3O2. The smallest absolute Gasteiger partial charge is 0.241 e. The molecule has 0 saturated heterocycles. The van der Waals surface area contributed by atoms with Crippen LogP contribution in [-0.2, 0) is 9.59 Å². The molecule has 0 aromatic heterocycles. The zero-order valence-electron chi connectivity index (χ0n) is 11.0. The summed E-state index contributed by atoms with van der Waals surface area (Å²) in [4.78, 5) is 25.2. The third-order valence-corrected chi connectivity index (χ3v) is 3.43. The van der Waals surface area contributed by atoms with Crippen molar-refractivity contribution >= 4 is 11.8 Å². The Bertz CT molecular complexity index is 294. The van der Waals surface area contributed by atoms with Crippen molar-refractivity contribution in [3.05, 3.63) is 0 Å². The lowest BCUT2D eigenvalue weighted by molar-refractivity contribution is -0.134. The first-order chi connectivity index (χ1) is 7.93. The Balaban J connectivity index is 2.39. The fraction of sp³-hybridized carbons (Fsp3) is 0.833. The normalized spacial score (nSPS) is 18.4. The first kappa shape index (κ1) is 14.0. The summed E-state index contributed by atoms with van der Waals surface area (Å²) in [6, 6.07) is 0. The summed E-state index contributed by atoms with van der Waals surface area (Å²) in [6.45, 7) is 6.93. The van der Waals surface area contributed by atoms with Gasteiger partial charge in [0.2, 0.25) is 11.8 Å². The number of rotatable bonds is 6. The van der Waals surface area contributed by atoms with Gasteiger partial charge in [0, 0.05) is 13.1 Å². The first-order valence-electron chi connectivity index (χ1n) is 6.28. The fourth-order valence-corrected chi connectivity index (χ4v) is 1.90. The summed E-state index contributed by atoms with van der Waals surface area (Å²) in [5.41, 5.74) is 5.13. The van der Waals surface area contributed by atoms with E-state index in [-0.39, 0.29) is 24.3 Å². The number of likely N-dealkylation sites (N-methyl/N-ethyl adjacent to an activating group) is 1. The van der Waals surface area contributed by atoms with Gasteiger partial charge in [0.15, 0.2) is 0 Å². The van der Waals surface area contributed by atoms with Crippen LogP contribution >= 0.6 is 0 Å². The Kier molecular flexibility index (Phi) is 4.51. The van der Waals surface area contributed by atoms with Gasteiger partial charge in [-0.05, 0) is 39.5 Å². The summed E-state index contributed by atoms with van der Waals surface area (Å²) in [5.74, 6) is -0.0125. The molecule has 0 bridgehead atoms. The van der Waals surface area contributed by atoms with E-state index in [1.807, 2.05) is 13.8 Å². The number of hydrogen-bond acceptors (Lipinski definition) is 3. The molecule has 5 heteroatoms. The van der Waals surface area contributed by atoms with Crippen LogP contribution in [0.2, 0.25) is 0 Å². The molecule has 0 spiro atoms. The number of carbonyl (C=O) groups is 2. The van der Waals surface area contributed by atoms with Gasteiger partial charge in [-0.2, -0.15) is 0 Å². The molecule has 0 radical (unpaired) electrons. The van der Waals surface area contributed by atoms with Gasteiger partial charge in [0.25, 0.3) is 0 Å². The fourth-order valence-electron chi connectivity index (χ4n) is 1.90. The summed E-state index contributed by atoms with van der Waals surface area (Å²) in [7, 11) is 0. The van der Waals surface area contributed by atoms with Crippen LogP contribution in [0.5, 0.6) is 0 Å². The first-order valence-corrected chi connectivity index (χ1v) is 6.28. The second-order valence-corrected chi connectivity index (χ2v) is 4.81. The van der Waals surface area contributed by atoms with Gasteiger partial charge in [-0.3, -0.25) is 9.59 Å². The number of hydrogen-bond donors (Lipinski definition) is 2. The quantitative estimate of drug-likeness (QED) is 0.692. The van der Waals surface area contributed by atoms with E-state index >= 15 is 0 Å². The average molecular weight is 241 g/mol. The van der Waals surface area contributed by atoms with Crippen molar-refractivity contribution in [2.24, 2.45) is 11.7 Å². The Morgan fingerprint density at radius 1 is 1.35 bits per heavy atom. The highest BCUT2D eigenvalue weighted by Crippen LogP contribution is 2.37. The van der Waals surface area contributed by atoms with Gasteiger partial charge in [-0.25, -0.2) is 0 Å². The van der Waals surface area contributed by atoms with Crippen LogP contribution in [0, 0.1) is 5.92 Å². The predicted molar refractivity (Wildman–Crippen MR) is 66.3 cm³/mol. The SMILES string of the molecule is CCN(CC)C(=O)CNC(=O)C(C)(N)C1CC1. The minimum absolute atomic E-state index is 0.0417. The number of nitrogens with one attached hydrogen (secondary N) is 1. The van der Waals surface area contributed by atoms with Crippen LogP contribution in [-0.4, -0.2) is 41.9 Å². The molecule has 1 rings (SSSR count). The zero-order chi connectivity index (χ0) is 13.1. The molecule has 0 aromatic rings. The van der Waals surface area contributed by atoms with Crippen molar-refractivity contribution in [1.29, 1.82) is 0 Å². The maximum atomic E-state index is 11.8. The molecule has 0 heterocycles. The van der Waals surface area contributed by atoms with Crippen molar-refractivity contribution in [3.63, 3.8) is 0 Å². The van der Waals surface area contributed by atoms with Gasteiger partial charge in [-0.1, -0.05) is 0 Å². The van der Waals surface area contributed by atoms with Gasteiger partial charge >= 0.3 is 0 Å². The van der Waals surface area contributed by atoms with E-state index in [0.29, 0.717) is 13.1 Å². The van der Waals surface area contributed by atoms with E-state index in [2.05, 4.69) is 5.32 Å². The summed E-state index contributed by atoms with van der Waals surface area (Å²) < 4.78 is 0. The summed E-state index contributed by atoms with van der Waals surface area (Å²) in [5, 5.41) is 2.64. The molecule has 3 N–H and O–H groups in total. The molecule has 1 fully saturated rings. The van der Waals surface area contributed by atoms with E-state index in [9.17, 15) is 9.59 Å². The highest BCUT2D eigenvalue weighted by atomic mass is 16.2. The summed E-state index contributed by atoms with van der Waals surface area (Å²) in [6.07, 6.45) is 2.01. The van der Waals surface area contributed by atoms with Crippen molar-refractivity contribution in [3.8, 4) is 0 Å². The minimum atomic E-state index is -0.830. The Hall–Kier alpha value is -1.10. The van der Waals surface area contributed by atoms with Crippen molar-refractivity contribution in [1.82, 2.24) is 10.2 Å². The van der Waals surface area contributed by atoms with E-state index in [1.54, 1.807) is 11.8 Å². The van der Waals surface area contributed by atoms with Gasteiger partial charge in [-0.15, -0.1) is 0 Å². The highest BCUT2D eigenvalue weighted by molar-refractivity contribution is 5.90. The molecule has 0 aromatic carbocycles.